The Morgan fingerprint density at radius 3 is 2.63 bits per heavy atom. The van der Waals surface area contributed by atoms with Crippen LogP contribution in [-0.2, 0) is 23.4 Å². The van der Waals surface area contributed by atoms with Crippen LogP contribution in [0.25, 0.3) is 5.00 Å². The molecule has 0 spiro atoms. The summed E-state index contributed by atoms with van der Waals surface area (Å²) in [7, 11) is 0. The van der Waals surface area contributed by atoms with Gasteiger partial charge in [-0.05, 0) is 54.0 Å². The third-order valence-corrected chi connectivity index (χ3v) is 7.59. The number of rotatable bonds is 7. The van der Waals surface area contributed by atoms with Crippen molar-refractivity contribution in [2.24, 2.45) is 11.7 Å². The monoisotopic (exact) mass is 443 g/mol. The minimum Gasteiger partial charge on any atom is -0.369 e. The second-order valence-corrected chi connectivity index (χ2v) is 9.41. The van der Waals surface area contributed by atoms with Gasteiger partial charge >= 0.3 is 0 Å². The predicted molar refractivity (Wildman–Crippen MR) is 119 cm³/mol. The highest BCUT2D eigenvalue weighted by Crippen LogP contribution is 2.38. The molecule has 156 valence electrons. The molecule has 1 aromatic carbocycles. The predicted octanol–water partition coefficient (Wildman–Crippen LogP) is 3.54. The normalized spacial score (nSPS) is 14.2. The minimum absolute atomic E-state index is 0.135. The Bertz CT molecular complexity index is 1050. The highest BCUT2D eigenvalue weighted by atomic mass is 32.2. The molecule has 30 heavy (non-hydrogen) atoms. The molecule has 0 bridgehead atoms. The zero-order valence-electron chi connectivity index (χ0n) is 16.3. The lowest BCUT2D eigenvalue weighted by molar-refractivity contribution is -0.121. The fraction of sp³-hybridized carbons (Fsp3) is 0.273. The Morgan fingerprint density at radius 1 is 1.20 bits per heavy atom. The molecule has 2 amide bonds. The number of thiophene rings is 1. The van der Waals surface area contributed by atoms with E-state index in [1.54, 1.807) is 23.5 Å². The van der Waals surface area contributed by atoms with Crippen molar-refractivity contribution >= 4 is 34.9 Å². The number of nitrogens with two attached hydrogens (primary N) is 1. The highest BCUT2D eigenvalue weighted by Gasteiger charge is 2.27. The molecule has 1 aliphatic rings. The fourth-order valence-electron chi connectivity index (χ4n) is 3.59. The lowest BCUT2D eigenvalue weighted by Crippen LogP contribution is -2.37. The van der Waals surface area contributed by atoms with Gasteiger partial charge in [0.1, 0.15) is 10.8 Å². The van der Waals surface area contributed by atoms with E-state index in [0.29, 0.717) is 12.0 Å². The van der Waals surface area contributed by atoms with Crippen LogP contribution in [0.3, 0.4) is 0 Å². The second kappa shape index (κ2) is 9.06. The number of primary amides is 1. The third-order valence-electron chi connectivity index (χ3n) is 5.17. The van der Waals surface area contributed by atoms with Crippen molar-refractivity contribution in [3.05, 3.63) is 76.2 Å². The number of amides is 2. The molecular formula is C22H22FN3O2S2. The zero-order valence-corrected chi connectivity index (χ0v) is 17.9. The van der Waals surface area contributed by atoms with Gasteiger partial charge in [-0.25, -0.2) is 4.39 Å². The van der Waals surface area contributed by atoms with Crippen LogP contribution in [0, 0.1) is 11.7 Å². The molecule has 1 unspecified atom stereocenters. The highest BCUT2D eigenvalue weighted by molar-refractivity contribution is 7.98. The van der Waals surface area contributed by atoms with Gasteiger partial charge in [-0.15, -0.1) is 11.3 Å². The number of carbonyl (C=O) groups excluding carboxylic acids is 2. The minimum atomic E-state index is -0.570. The van der Waals surface area contributed by atoms with E-state index >= 15 is 0 Å². The molecule has 0 saturated heterocycles. The van der Waals surface area contributed by atoms with Crippen molar-refractivity contribution in [2.75, 3.05) is 12.3 Å². The molecule has 3 N–H and O–H groups in total. The van der Waals surface area contributed by atoms with Gasteiger partial charge in [-0.2, -0.15) is 11.8 Å². The number of carbonyl (C=O) groups is 2. The van der Waals surface area contributed by atoms with E-state index in [4.69, 9.17) is 5.73 Å². The van der Waals surface area contributed by atoms with Crippen LogP contribution in [0.15, 0.2) is 48.8 Å². The first kappa shape index (κ1) is 20.7. The van der Waals surface area contributed by atoms with Crippen LogP contribution in [0.4, 0.5) is 4.39 Å². The van der Waals surface area contributed by atoms with Crippen LogP contribution in [0.1, 0.15) is 26.4 Å². The van der Waals surface area contributed by atoms with Gasteiger partial charge in [0.15, 0.2) is 0 Å². The van der Waals surface area contributed by atoms with Crippen molar-refractivity contribution < 1.29 is 14.0 Å². The maximum absolute atomic E-state index is 13.2. The molecule has 0 fully saturated rings. The van der Waals surface area contributed by atoms with Gasteiger partial charge in [0, 0.05) is 29.6 Å². The van der Waals surface area contributed by atoms with E-state index in [2.05, 4.69) is 5.32 Å². The molecule has 3 heterocycles. The molecule has 1 atom stereocenters. The van der Waals surface area contributed by atoms with Gasteiger partial charge in [0.25, 0.3) is 5.91 Å². The van der Waals surface area contributed by atoms with Gasteiger partial charge in [-0.1, -0.05) is 12.1 Å². The molecule has 2 aromatic heterocycles. The number of thioether (sulfide) groups is 1. The maximum atomic E-state index is 13.2. The van der Waals surface area contributed by atoms with Crippen molar-refractivity contribution in [3.63, 3.8) is 0 Å². The average Bonchev–Trinajstić information content (AvgIpc) is 3.39. The smallest absolute Gasteiger partial charge is 0.254 e. The molecule has 3 aromatic rings. The topological polar surface area (TPSA) is 77.1 Å². The summed E-state index contributed by atoms with van der Waals surface area (Å²) < 4.78 is 15.1. The van der Waals surface area contributed by atoms with Crippen molar-refractivity contribution in [2.45, 2.75) is 18.6 Å². The van der Waals surface area contributed by atoms with Gasteiger partial charge in [0.2, 0.25) is 5.91 Å². The number of hydrogen-bond donors (Lipinski definition) is 2. The van der Waals surface area contributed by atoms with Crippen molar-refractivity contribution in [1.82, 2.24) is 9.88 Å². The van der Waals surface area contributed by atoms with E-state index in [-0.39, 0.29) is 18.3 Å². The van der Waals surface area contributed by atoms with E-state index in [1.807, 2.05) is 40.9 Å². The summed E-state index contributed by atoms with van der Waals surface area (Å²) in [4.78, 5) is 26.4. The first-order chi connectivity index (χ1) is 14.5. The van der Waals surface area contributed by atoms with Crippen LogP contribution >= 0.6 is 23.1 Å². The number of aromatic nitrogens is 1. The summed E-state index contributed by atoms with van der Waals surface area (Å²) in [5.41, 5.74) is 8.16. The van der Waals surface area contributed by atoms with Crippen molar-refractivity contribution in [1.29, 1.82) is 0 Å². The van der Waals surface area contributed by atoms with Crippen LogP contribution in [-0.4, -0.2) is 28.7 Å². The largest absolute Gasteiger partial charge is 0.369 e. The summed E-state index contributed by atoms with van der Waals surface area (Å²) in [6.07, 6.45) is 5.07. The fourth-order valence-corrected chi connectivity index (χ4v) is 6.03. The number of benzene rings is 1. The Morgan fingerprint density at radius 2 is 1.93 bits per heavy atom. The maximum Gasteiger partial charge on any atom is 0.254 e. The number of fused-ring (bicyclic) bond motifs is 1. The Kier molecular flexibility index (Phi) is 6.24. The summed E-state index contributed by atoms with van der Waals surface area (Å²) in [6, 6.07) is 9.83. The Hall–Kier alpha value is -2.58. The van der Waals surface area contributed by atoms with Gasteiger partial charge in [-0.3, -0.25) is 9.59 Å². The molecular weight excluding hydrogens is 421 g/mol. The van der Waals surface area contributed by atoms with Crippen molar-refractivity contribution in [3.8, 4) is 5.00 Å². The van der Waals surface area contributed by atoms with Crippen LogP contribution < -0.4 is 11.1 Å². The summed E-state index contributed by atoms with van der Waals surface area (Å²) in [5.74, 6) is 0.321. The average molecular weight is 444 g/mol. The van der Waals surface area contributed by atoms with Gasteiger partial charge in [0.05, 0.1) is 11.5 Å². The standard InChI is InChI=1S/C22H22FN3O2S2/c23-16-5-3-14(4-6-16)11-15(20(24)27)12-25-21(28)19-17-7-10-29-13-18(17)30-22(19)26-8-1-2-9-26/h1-6,8-9,15H,7,10-13H2,(H2,24,27)(H,25,28). The van der Waals surface area contributed by atoms with Crippen LogP contribution in [0.5, 0.6) is 0 Å². The number of nitrogens with zero attached hydrogens (tertiary/aromatic N) is 1. The lowest BCUT2D eigenvalue weighted by Gasteiger charge is -2.16. The molecule has 0 aliphatic carbocycles. The Balaban J connectivity index is 1.53. The van der Waals surface area contributed by atoms with E-state index in [1.165, 1.54) is 17.0 Å². The van der Waals surface area contributed by atoms with Gasteiger partial charge < -0.3 is 15.6 Å². The molecule has 0 saturated carbocycles. The molecule has 4 rings (SSSR count). The van der Waals surface area contributed by atoms with Crippen LogP contribution in [0.2, 0.25) is 0 Å². The third kappa shape index (κ3) is 4.44. The second-order valence-electron chi connectivity index (χ2n) is 7.22. The SMILES string of the molecule is NC(=O)C(CNC(=O)c1c(-n2cccc2)sc2c1CCSC2)Cc1ccc(F)cc1. The molecule has 0 radical (unpaired) electrons. The molecule has 5 nitrogen and oxygen atoms in total. The molecule has 1 aliphatic heterocycles. The van der Waals surface area contributed by atoms with E-state index in [0.717, 1.165) is 34.1 Å². The molecule has 8 heteroatoms. The summed E-state index contributed by atoms with van der Waals surface area (Å²) >= 11 is 3.52. The summed E-state index contributed by atoms with van der Waals surface area (Å²) in [5, 5.41) is 3.83. The quantitative estimate of drug-likeness (QED) is 0.586. The first-order valence-electron chi connectivity index (χ1n) is 9.70. The number of halogens is 1. The number of nitrogens with one attached hydrogen (secondary N) is 1. The van der Waals surface area contributed by atoms with E-state index in [9.17, 15) is 14.0 Å². The lowest BCUT2D eigenvalue weighted by atomic mass is 9.98. The van der Waals surface area contributed by atoms with E-state index < -0.39 is 11.8 Å². The number of hydrogen-bond acceptors (Lipinski definition) is 4. The Labute approximate surface area is 182 Å². The summed E-state index contributed by atoms with van der Waals surface area (Å²) in [6.45, 7) is 0.135. The first-order valence-corrected chi connectivity index (χ1v) is 11.7. The zero-order chi connectivity index (χ0) is 21.1.